The predicted octanol–water partition coefficient (Wildman–Crippen LogP) is 10.4. The van der Waals surface area contributed by atoms with E-state index in [-0.39, 0.29) is 19.4 Å². The molecule has 0 spiro atoms. The van der Waals surface area contributed by atoms with Gasteiger partial charge in [0.2, 0.25) is 0 Å². The van der Waals surface area contributed by atoms with E-state index in [1.165, 1.54) is 122 Å². The minimum Gasteiger partial charge on any atom is -0.462 e. The highest BCUT2D eigenvalue weighted by Gasteiger charge is 2.46. The maximum absolute atomic E-state index is 12.8. The van der Waals surface area contributed by atoms with Gasteiger partial charge in [-0.1, -0.05) is 179 Å². The third-order valence-electron chi connectivity index (χ3n) is 11.3. The number of hydrogen-bond donors (Lipinski definition) is 4. The van der Waals surface area contributed by atoms with Crippen molar-refractivity contribution >= 4 is 22.1 Å². The number of rotatable bonds is 41. The van der Waals surface area contributed by atoms with Gasteiger partial charge in [0.15, 0.2) is 12.4 Å². The maximum Gasteiger partial charge on any atom is 0.306 e. The van der Waals surface area contributed by atoms with Crippen LogP contribution < -0.4 is 0 Å². The number of carbonyl (C=O) groups excluding carboxylic acids is 2. The van der Waals surface area contributed by atoms with Crippen molar-refractivity contribution in [3.05, 3.63) is 24.3 Å². The van der Waals surface area contributed by atoms with E-state index in [1.54, 1.807) is 0 Å². The number of ether oxygens (including phenoxy) is 4. The molecule has 1 heterocycles. The molecule has 1 saturated heterocycles. The van der Waals surface area contributed by atoms with Gasteiger partial charge in [0, 0.05) is 12.8 Å². The highest BCUT2D eigenvalue weighted by molar-refractivity contribution is 7.85. The summed E-state index contributed by atoms with van der Waals surface area (Å²) in [7, 11) is -4.60. The van der Waals surface area contributed by atoms with Gasteiger partial charge < -0.3 is 34.3 Å². The SMILES string of the molecule is CCCCC/C=C/C/C=C/CCCCCCCCCCCC(=O)OC[C@H](CO[C@H]1O[C@H](CS(=O)(=O)O)[C@@H](O)C(O)C1O)OC(=O)CCCCCCCCCCCCCCCC. The van der Waals surface area contributed by atoms with Crippen LogP contribution in [0.5, 0.6) is 0 Å². The Morgan fingerprint density at radius 1 is 0.557 bits per heavy atom. The molecule has 61 heavy (non-hydrogen) atoms. The first-order valence-corrected chi connectivity index (χ1v) is 26.0. The average molecular weight is 889 g/mol. The van der Waals surface area contributed by atoms with Crippen LogP contribution in [-0.4, -0.2) is 96.0 Å². The van der Waals surface area contributed by atoms with E-state index >= 15 is 0 Å². The molecule has 0 aromatic rings. The van der Waals surface area contributed by atoms with Gasteiger partial charge in [0.05, 0.1) is 6.61 Å². The molecule has 0 bridgehead atoms. The molecule has 1 fully saturated rings. The molecule has 0 aliphatic carbocycles. The van der Waals surface area contributed by atoms with Gasteiger partial charge in [-0.25, -0.2) is 0 Å². The van der Waals surface area contributed by atoms with E-state index in [1.807, 2.05) is 0 Å². The van der Waals surface area contributed by atoms with Crippen molar-refractivity contribution in [2.24, 2.45) is 0 Å². The Hall–Kier alpha value is -1.87. The summed E-state index contributed by atoms with van der Waals surface area (Å²) in [6, 6.07) is 0. The Morgan fingerprint density at radius 3 is 1.48 bits per heavy atom. The standard InChI is InChI=1S/C48H88O12S/c1-3-5-7-9-11-13-15-17-19-20-21-22-23-25-26-28-30-32-34-36-43(49)57-38-41(39-58-48-47(53)46(52)45(51)42(60-48)40-61(54,55)56)59-44(50)37-35-33-31-29-27-24-18-16-14-12-10-8-6-4-2/h11,13,17,19,41-42,45-48,51-53H,3-10,12,14-16,18,20-40H2,1-2H3,(H,54,55,56)/b13-11+,19-17+/t41-,42-,45-,46?,47?,48+/m1/s1. The van der Waals surface area contributed by atoms with Crippen molar-refractivity contribution in [3.8, 4) is 0 Å². The van der Waals surface area contributed by atoms with Crippen molar-refractivity contribution in [2.75, 3.05) is 19.0 Å². The summed E-state index contributed by atoms with van der Waals surface area (Å²) in [6.45, 7) is 3.75. The molecule has 0 saturated carbocycles. The van der Waals surface area contributed by atoms with Crippen LogP contribution >= 0.6 is 0 Å². The third kappa shape index (κ3) is 33.3. The number of aliphatic hydroxyl groups is 3. The van der Waals surface area contributed by atoms with Crippen LogP contribution in [0.4, 0.5) is 0 Å². The molecule has 1 aliphatic rings. The number of carbonyl (C=O) groups is 2. The second kappa shape index (κ2) is 38.6. The van der Waals surface area contributed by atoms with Crippen LogP contribution in [0.1, 0.15) is 213 Å². The van der Waals surface area contributed by atoms with Crippen LogP contribution in [0.15, 0.2) is 24.3 Å². The molecule has 1 aliphatic heterocycles. The molecule has 0 aromatic heterocycles. The number of allylic oxidation sites excluding steroid dienone is 4. The quantitative estimate of drug-likeness (QED) is 0.0197. The highest BCUT2D eigenvalue weighted by atomic mass is 32.2. The summed E-state index contributed by atoms with van der Waals surface area (Å²) in [5, 5.41) is 30.9. The van der Waals surface area contributed by atoms with Gasteiger partial charge in [0.25, 0.3) is 10.1 Å². The van der Waals surface area contributed by atoms with Crippen LogP contribution in [0.3, 0.4) is 0 Å². The number of aliphatic hydroxyl groups excluding tert-OH is 3. The lowest BCUT2D eigenvalue weighted by atomic mass is 10.00. The van der Waals surface area contributed by atoms with Crippen molar-refractivity contribution < 1.29 is 56.8 Å². The smallest absolute Gasteiger partial charge is 0.306 e. The first-order valence-electron chi connectivity index (χ1n) is 24.4. The fraction of sp³-hybridized carbons (Fsp3) is 0.875. The summed E-state index contributed by atoms with van der Waals surface area (Å²) >= 11 is 0. The number of unbranched alkanes of at least 4 members (excludes halogenated alkanes) is 25. The second-order valence-electron chi connectivity index (χ2n) is 17.1. The number of hydrogen-bond acceptors (Lipinski definition) is 11. The molecule has 2 unspecified atom stereocenters. The zero-order valence-electron chi connectivity index (χ0n) is 38.3. The fourth-order valence-electron chi connectivity index (χ4n) is 7.47. The lowest BCUT2D eigenvalue weighted by Gasteiger charge is -2.40. The summed E-state index contributed by atoms with van der Waals surface area (Å²) in [6.07, 6.45) is 33.6. The van der Waals surface area contributed by atoms with Crippen molar-refractivity contribution in [1.29, 1.82) is 0 Å². The minimum absolute atomic E-state index is 0.168. The first-order chi connectivity index (χ1) is 29.5. The van der Waals surface area contributed by atoms with Crippen LogP contribution in [0, 0.1) is 0 Å². The van der Waals surface area contributed by atoms with E-state index < -0.39 is 71.2 Å². The summed E-state index contributed by atoms with van der Waals surface area (Å²) in [4.78, 5) is 25.5. The van der Waals surface area contributed by atoms with Crippen molar-refractivity contribution in [1.82, 2.24) is 0 Å². The Morgan fingerprint density at radius 2 is 0.984 bits per heavy atom. The molecule has 0 radical (unpaired) electrons. The topological polar surface area (TPSA) is 186 Å². The van der Waals surface area contributed by atoms with Crippen molar-refractivity contribution in [2.45, 2.75) is 250 Å². The molecule has 12 nitrogen and oxygen atoms in total. The minimum atomic E-state index is -4.60. The normalized spacial score (nSPS) is 20.1. The Balaban J connectivity index is 2.39. The first kappa shape index (κ1) is 57.1. The zero-order valence-corrected chi connectivity index (χ0v) is 39.1. The third-order valence-corrected chi connectivity index (χ3v) is 12.0. The Kier molecular flexibility index (Phi) is 36.1. The Labute approximate surface area is 370 Å². The second-order valence-corrected chi connectivity index (χ2v) is 18.6. The zero-order chi connectivity index (χ0) is 44.8. The van der Waals surface area contributed by atoms with Crippen molar-refractivity contribution in [3.63, 3.8) is 0 Å². The van der Waals surface area contributed by atoms with Gasteiger partial charge in [-0.3, -0.25) is 14.1 Å². The average Bonchev–Trinajstić information content (AvgIpc) is 3.22. The fourth-order valence-corrected chi connectivity index (χ4v) is 8.16. The summed E-state index contributed by atoms with van der Waals surface area (Å²) in [5.74, 6) is -1.98. The van der Waals surface area contributed by atoms with E-state index in [0.717, 1.165) is 51.4 Å². The predicted molar refractivity (Wildman–Crippen MR) is 243 cm³/mol. The van der Waals surface area contributed by atoms with Gasteiger partial charge in [-0.15, -0.1) is 0 Å². The number of esters is 2. The molecule has 4 N–H and O–H groups in total. The van der Waals surface area contributed by atoms with Gasteiger partial charge in [-0.05, 0) is 44.9 Å². The molecule has 13 heteroatoms. The van der Waals surface area contributed by atoms with Gasteiger partial charge in [0.1, 0.15) is 36.8 Å². The highest BCUT2D eigenvalue weighted by Crippen LogP contribution is 2.24. The van der Waals surface area contributed by atoms with E-state index in [9.17, 15) is 37.9 Å². The van der Waals surface area contributed by atoms with Crippen LogP contribution in [0.2, 0.25) is 0 Å². The lowest BCUT2D eigenvalue weighted by molar-refractivity contribution is -0.297. The van der Waals surface area contributed by atoms with Gasteiger partial charge in [-0.2, -0.15) is 8.42 Å². The maximum atomic E-state index is 12.8. The lowest BCUT2D eigenvalue weighted by Crippen LogP contribution is -2.60. The molecule has 358 valence electrons. The molecular formula is C48H88O12S. The van der Waals surface area contributed by atoms with E-state index in [0.29, 0.717) is 12.8 Å². The van der Waals surface area contributed by atoms with E-state index in [4.69, 9.17) is 18.9 Å². The van der Waals surface area contributed by atoms with Gasteiger partial charge >= 0.3 is 11.9 Å². The van der Waals surface area contributed by atoms with E-state index in [2.05, 4.69) is 38.2 Å². The van der Waals surface area contributed by atoms with Crippen LogP contribution in [-0.2, 0) is 38.7 Å². The molecular weight excluding hydrogens is 801 g/mol. The van der Waals surface area contributed by atoms with Crippen LogP contribution in [0.25, 0.3) is 0 Å². The molecule has 0 amide bonds. The molecule has 1 rings (SSSR count). The molecule has 6 atom stereocenters. The molecule has 0 aromatic carbocycles. The largest absolute Gasteiger partial charge is 0.462 e. The summed E-state index contributed by atoms with van der Waals surface area (Å²) in [5.41, 5.74) is 0. The summed E-state index contributed by atoms with van der Waals surface area (Å²) < 4.78 is 54.1. The Bertz CT molecular complexity index is 1220. The monoisotopic (exact) mass is 889 g/mol.